The van der Waals surface area contributed by atoms with Gasteiger partial charge >= 0.3 is 0 Å². The Labute approximate surface area is 66.7 Å². The average molecular weight is 165 g/mol. The minimum Gasteiger partial charge on any atom is -0.376 e. The smallest absolute Gasteiger partial charge is 0.261 e. The van der Waals surface area contributed by atoms with E-state index in [4.69, 9.17) is 0 Å². The molecule has 0 aromatic rings. The minimum atomic E-state index is -2.33. The van der Waals surface area contributed by atoms with Crippen molar-refractivity contribution in [3.8, 4) is 0 Å². The van der Waals surface area contributed by atoms with Gasteiger partial charge in [-0.2, -0.15) is 0 Å². The van der Waals surface area contributed by atoms with E-state index in [-0.39, 0.29) is 0 Å². The highest BCUT2D eigenvalue weighted by molar-refractivity contribution is 4.43. The van der Waals surface area contributed by atoms with Crippen molar-refractivity contribution in [1.82, 2.24) is 0 Å². The minimum absolute atomic E-state index is 0.426. The lowest BCUT2D eigenvalue weighted by molar-refractivity contribution is 0.0162. The number of hydrogen-bond acceptors (Lipinski definition) is 1. The Morgan fingerprint density at radius 2 is 1.91 bits per heavy atom. The van der Waals surface area contributed by atoms with Crippen LogP contribution in [0.1, 0.15) is 25.7 Å². The van der Waals surface area contributed by atoms with Gasteiger partial charge in [-0.1, -0.05) is 26.2 Å². The molecule has 0 bridgehead atoms. The molecule has 0 aliphatic carbocycles. The lowest BCUT2D eigenvalue weighted by Crippen LogP contribution is -2.05. The molecule has 0 atom stereocenters. The second-order valence-corrected chi connectivity index (χ2v) is 2.38. The molecule has 0 fully saturated rings. The van der Waals surface area contributed by atoms with Crippen LogP contribution in [0.2, 0.25) is 0 Å². The fourth-order valence-corrected chi connectivity index (χ4v) is 0.730. The standard InChI is InChI=1S/C8H15F2O/c1-2-3-4-5-6-11-7-8(9)10/h8H,1-7H2. The first kappa shape index (κ1) is 10.8. The molecule has 0 saturated heterocycles. The molecule has 1 radical (unpaired) electrons. The molecule has 0 heterocycles. The molecule has 11 heavy (non-hydrogen) atoms. The maximum atomic E-state index is 11.5. The van der Waals surface area contributed by atoms with E-state index in [0.29, 0.717) is 6.61 Å². The van der Waals surface area contributed by atoms with Gasteiger partial charge in [0.15, 0.2) is 0 Å². The van der Waals surface area contributed by atoms with E-state index >= 15 is 0 Å². The normalized spacial score (nSPS) is 10.9. The molecule has 0 unspecified atom stereocenters. The Balaban J connectivity index is 2.80. The van der Waals surface area contributed by atoms with Gasteiger partial charge in [-0.15, -0.1) is 0 Å². The zero-order valence-electron chi connectivity index (χ0n) is 6.69. The van der Waals surface area contributed by atoms with E-state index < -0.39 is 13.0 Å². The zero-order chi connectivity index (χ0) is 8.53. The van der Waals surface area contributed by atoms with Crippen molar-refractivity contribution in [2.45, 2.75) is 32.1 Å². The average Bonchev–Trinajstić information content (AvgIpc) is 1.96. The number of halogens is 2. The van der Waals surface area contributed by atoms with E-state index in [2.05, 4.69) is 11.7 Å². The van der Waals surface area contributed by atoms with Crippen molar-refractivity contribution in [2.24, 2.45) is 0 Å². The fraction of sp³-hybridized carbons (Fsp3) is 0.875. The Bertz CT molecular complexity index is 76.5. The molecule has 0 spiro atoms. The van der Waals surface area contributed by atoms with Crippen molar-refractivity contribution < 1.29 is 13.5 Å². The SMILES string of the molecule is [CH2]CCCCCOCC(F)F. The van der Waals surface area contributed by atoms with Crippen molar-refractivity contribution >= 4 is 0 Å². The quantitative estimate of drug-likeness (QED) is 0.527. The number of ether oxygens (including phenoxy) is 1. The van der Waals surface area contributed by atoms with E-state index in [1.807, 2.05) is 0 Å². The Hall–Kier alpha value is -0.180. The number of rotatable bonds is 7. The van der Waals surface area contributed by atoms with Gasteiger partial charge in [-0.3, -0.25) is 0 Å². The van der Waals surface area contributed by atoms with Crippen LogP contribution in [-0.2, 0) is 4.74 Å². The topological polar surface area (TPSA) is 9.23 Å². The summed E-state index contributed by atoms with van der Waals surface area (Å²) in [5.74, 6) is 0. The van der Waals surface area contributed by atoms with Gasteiger partial charge in [0, 0.05) is 6.61 Å². The third kappa shape index (κ3) is 9.82. The molecular formula is C8H15F2O. The maximum Gasteiger partial charge on any atom is 0.261 e. The number of hydrogen-bond donors (Lipinski definition) is 0. The second kappa shape index (κ2) is 7.92. The summed E-state index contributed by atoms with van der Waals surface area (Å²) >= 11 is 0. The second-order valence-electron chi connectivity index (χ2n) is 2.38. The summed E-state index contributed by atoms with van der Waals surface area (Å²) in [6.45, 7) is 3.69. The molecule has 0 aromatic heterocycles. The molecule has 3 heteroatoms. The van der Waals surface area contributed by atoms with Crippen molar-refractivity contribution in [1.29, 1.82) is 0 Å². The molecular weight excluding hydrogens is 150 g/mol. The van der Waals surface area contributed by atoms with Crippen LogP contribution >= 0.6 is 0 Å². The van der Waals surface area contributed by atoms with E-state index in [1.165, 1.54) is 0 Å². The van der Waals surface area contributed by atoms with Crippen molar-refractivity contribution in [2.75, 3.05) is 13.2 Å². The van der Waals surface area contributed by atoms with E-state index in [9.17, 15) is 8.78 Å². The van der Waals surface area contributed by atoms with Crippen LogP contribution in [0.3, 0.4) is 0 Å². The molecule has 0 aliphatic heterocycles. The maximum absolute atomic E-state index is 11.5. The highest BCUT2D eigenvalue weighted by atomic mass is 19.3. The van der Waals surface area contributed by atoms with Crippen molar-refractivity contribution in [3.63, 3.8) is 0 Å². The first-order valence-electron chi connectivity index (χ1n) is 3.92. The van der Waals surface area contributed by atoms with Crippen LogP contribution in [0.25, 0.3) is 0 Å². The predicted octanol–water partition coefficient (Wildman–Crippen LogP) is 2.66. The van der Waals surface area contributed by atoms with E-state index in [0.717, 1.165) is 25.7 Å². The fourth-order valence-electron chi connectivity index (χ4n) is 0.730. The largest absolute Gasteiger partial charge is 0.376 e. The highest BCUT2D eigenvalue weighted by Gasteiger charge is 2.00. The van der Waals surface area contributed by atoms with Gasteiger partial charge < -0.3 is 4.74 Å². The van der Waals surface area contributed by atoms with Gasteiger partial charge in [-0.25, -0.2) is 8.78 Å². The van der Waals surface area contributed by atoms with Gasteiger partial charge in [0.25, 0.3) is 6.43 Å². The van der Waals surface area contributed by atoms with Crippen LogP contribution in [-0.4, -0.2) is 19.6 Å². The van der Waals surface area contributed by atoms with E-state index in [1.54, 1.807) is 0 Å². The molecule has 0 aromatic carbocycles. The Kier molecular flexibility index (Phi) is 7.79. The van der Waals surface area contributed by atoms with Gasteiger partial charge in [-0.05, 0) is 6.42 Å². The first-order valence-corrected chi connectivity index (χ1v) is 3.92. The number of unbranched alkanes of at least 4 members (excludes halogenated alkanes) is 3. The molecule has 0 amide bonds. The molecule has 0 saturated carbocycles. The van der Waals surface area contributed by atoms with Crippen LogP contribution < -0.4 is 0 Å². The Morgan fingerprint density at radius 3 is 2.45 bits per heavy atom. The number of alkyl halides is 2. The summed E-state index contributed by atoms with van der Waals surface area (Å²) in [6.07, 6.45) is 1.52. The summed E-state index contributed by atoms with van der Waals surface area (Å²) in [5, 5.41) is 0. The molecule has 0 rings (SSSR count). The summed E-state index contributed by atoms with van der Waals surface area (Å²) in [6, 6.07) is 0. The Morgan fingerprint density at radius 1 is 1.18 bits per heavy atom. The first-order chi connectivity index (χ1) is 5.27. The molecule has 0 N–H and O–H groups in total. The molecule has 67 valence electrons. The molecule has 1 nitrogen and oxygen atoms in total. The van der Waals surface area contributed by atoms with Gasteiger partial charge in [0.05, 0.1) is 0 Å². The van der Waals surface area contributed by atoms with Gasteiger partial charge in [0.2, 0.25) is 0 Å². The van der Waals surface area contributed by atoms with Gasteiger partial charge in [0.1, 0.15) is 6.61 Å². The third-order valence-electron chi connectivity index (χ3n) is 1.28. The zero-order valence-corrected chi connectivity index (χ0v) is 6.69. The summed E-state index contributed by atoms with van der Waals surface area (Å²) in [4.78, 5) is 0. The van der Waals surface area contributed by atoms with Crippen molar-refractivity contribution in [3.05, 3.63) is 6.92 Å². The summed E-state index contributed by atoms with van der Waals surface area (Å²) in [7, 11) is 0. The van der Waals surface area contributed by atoms with Crippen LogP contribution in [0.5, 0.6) is 0 Å². The highest BCUT2D eigenvalue weighted by Crippen LogP contribution is 1.99. The van der Waals surface area contributed by atoms with Crippen LogP contribution in [0.15, 0.2) is 0 Å². The lowest BCUT2D eigenvalue weighted by atomic mass is 10.2. The predicted molar refractivity (Wildman–Crippen MR) is 40.6 cm³/mol. The van der Waals surface area contributed by atoms with Crippen LogP contribution in [0.4, 0.5) is 8.78 Å². The summed E-state index contributed by atoms with van der Waals surface area (Å²) < 4.78 is 27.6. The summed E-state index contributed by atoms with van der Waals surface area (Å²) in [5.41, 5.74) is 0. The lowest BCUT2D eigenvalue weighted by Gasteiger charge is -2.01. The monoisotopic (exact) mass is 165 g/mol. The third-order valence-corrected chi connectivity index (χ3v) is 1.28. The molecule has 0 aliphatic rings. The van der Waals surface area contributed by atoms with Crippen LogP contribution in [0, 0.1) is 6.92 Å².